The average Bonchev–Trinajstić information content (AvgIpc) is 2.28. The zero-order valence-electron chi connectivity index (χ0n) is 10.9. The fraction of sp³-hybridized carbons (Fsp3) is 1.00. The van der Waals surface area contributed by atoms with Gasteiger partial charge in [-0.3, -0.25) is 4.90 Å². The topological polar surface area (TPSA) is 15.3 Å². The molecule has 1 rings (SSSR count). The molecule has 1 N–H and O–H groups in total. The molecule has 2 heteroatoms. The van der Waals surface area contributed by atoms with E-state index in [1.54, 1.807) is 0 Å². The Balaban J connectivity index is 2.50. The van der Waals surface area contributed by atoms with Crippen molar-refractivity contribution in [1.82, 2.24) is 10.2 Å². The van der Waals surface area contributed by atoms with Crippen LogP contribution in [0.4, 0.5) is 0 Å². The Morgan fingerprint density at radius 1 is 1.33 bits per heavy atom. The Labute approximate surface area is 95.4 Å². The third-order valence-corrected chi connectivity index (χ3v) is 4.03. The van der Waals surface area contributed by atoms with Gasteiger partial charge < -0.3 is 5.32 Å². The first-order valence-corrected chi connectivity index (χ1v) is 6.59. The second kappa shape index (κ2) is 6.49. The molecule has 0 aromatic heterocycles. The lowest BCUT2D eigenvalue weighted by molar-refractivity contribution is 0.112. The largest absolute Gasteiger partial charge is 0.315 e. The van der Waals surface area contributed by atoms with Crippen LogP contribution in [-0.2, 0) is 0 Å². The smallest absolute Gasteiger partial charge is 0.0248 e. The van der Waals surface area contributed by atoms with Gasteiger partial charge in [0.1, 0.15) is 0 Å². The molecular formula is C13H28N2. The highest BCUT2D eigenvalue weighted by Crippen LogP contribution is 2.24. The first-order valence-electron chi connectivity index (χ1n) is 6.59. The zero-order chi connectivity index (χ0) is 11.3. The van der Waals surface area contributed by atoms with Gasteiger partial charge in [-0.05, 0) is 40.3 Å². The Kier molecular flexibility index (Phi) is 5.62. The van der Waals surface area contributed by atoms with Crippen LogP contribution in [0.3, 0.4) is 0 Å². The minimum atomic E-state index is 0.711. The third-order valence-electron chi connectivity index (χ3n) is 4.03. The molecule has 0 aliphatic heterocycles. The summed E-state index contributed by atoms with van der Waals surface area (Å²) in [5.74, 6) is 0. The minimum absolute atomic E-state index is 0.711. The van der Waals surface area contributed by atoms with Gasteiger partial charge in [-0.2, -0.15) is 0 Å². The SMILES string of the molecule is CCCC(C)N(C)C1CCCCC1NC. The van der Waals surface area contributed by atoms with Gasteiger partial charge in [0, 0.05) is 18.1 Å². The molecule has 3 atom stereocenters. The molecule has 15 heavy (non-hydrogen) atoms. The predicted octanol–water partition coefficient (Wildman–Crippen LogP) is 2.64. The molecule has 0 radical (unpaired) electrons. The summed E-state index contributed by atoms with van der Waals surface area (Å²) in [7, 11) is 4.42. The standard InChI is InChI=1S/C13H28N2/c1-5-8-11(2)15(4)13-10-7-6-9-12(13)14-3/h11-14H,5-10H2,1-4H3. The quantitative estimate of drug-likeness (QED) is 0.753. The summed E-state index contributed by atoms with van der Waals surface area (Å²) >= 11 is 0. The highest BCUT2D eigenvalue weighted by molar-refractivity contribution is 4.87. The van der Waals surface area contributed by atoms with E-state index in [4.69, 9.17) is 0 Å². The summed E-state index contributed by atoms with van der Waals surface area (Å²) in [6.07, 6.45) is 8.15. The van der Waals surface area contributed by atoms with Gasteiger partial charge >= 0.3 is 0 Å². The van der Waals surface area contributed by atoms with E-state index in [2.05, 4.69) is 38.2 Å². The average molecular weight is 212 g/mol. The molecule has 2 nitrogen and oxygen atoms in total. The van der Waals surface area contributed by atoms with E-state index >= 15 is 0 Å². The van der Waals surface area contributed by atoms with E-state index in [9.17, 15) is 0 Å². The maximum atomic E-state index is 3.49. The molecular weight excluding hydrogens is 184 g/mol. The van der Waals surface area contributed by atoms with Crippen LogP contribution in [0.1, 0.15) is 52.4 Å². The highest BCUT2D eigenvalue weighted by atomic mass is 15.2. The van der Waals surface area contributed by atoms with Gasteiger partial charge in [-0.1, -0.05) is 26.2 Å². The summed E-state index contributed by atoms with van der Waals surface area (Å²) in [5.41, 5.74) is 0. The van der Waals surface area contributed by atoms with Crippen molar-refractivity contribution in [2.75, 3.05) is 14.1 Å². The Morgan fingerprint density at radius 2 is 2.00 bits per heavy atom. The Morgan fingerprint density at radius 3 is 2.60 bits per heavy atom. The molecule has 0 bridgehead atoms. The van der Waals surface area contributed by atoms with E-state index in [0.29, 0.717) is 6.04 Å². The second-order valence-electron chi connectivity index (χ2n) is 5.05. The number of nitrogens with zero attached hydrogens (tertiary/aromatic N) is 1. The monoisotopic (exact) mass is 212 g/mol. The first-order chi connectivity index (χ1) is 7.20. The van der Waals surface area contributed by atoms with Crippen molar-refractivity contribution >= 4 is 0 Å². The number of likely N-dealkylation sites (N-methyl/N-ethyl adjacent to an activating group) is 2. The maximum absolute atomic E-state index is 3.49. The first kappa shape index (κ1) is 13.0. The van der Waals surface area contributed by atoms with Crippen LogP contribution in [0.2, 0.25) is 0 Å². The normalized spacial score (nSPS) is 29.4. The predicted molar refractivity (Wildman–Crippen MR) is 67.2 cm³/mol. The lowest BCUT2D eigenvalue weighted by Gasteiger charge is -2.41. The van der Waals surface area contributed by atoms with Gasteiger partial charge in [-0.15, -0.1) is 0 Å². The van der Waals surface area contributed by atoms with E-state index in [0.717, 1.165) is 12.1 Å². The number of hydrogen-bond acceptors (Lipinski definition) is 2. The Hall–Kier alpha value is -0.0800. The van der Waals surface area contributed by atoms with Crippen LogP contribution in [0.25, 0.3) is 0 Å². The summed E-state index contributed by atoms with van der Waals surface area (Å²) in [4.78, 5) is 2.60. The second-order valence-corrected chi connectivity index (χ2v) is 5.05. The lowest BCUT2D eigenvalue weighted by atomic mass is 9.88. The highest BCUT2D eigenvalue weighted by Gasteiger charge is 2.28. The molecule has 1 fully saturated rings. The number of nitrogens with one attached hydrogen (secondary N) is 1. The Bertz CT molecular complexity index is 170. The van der Waals surface area contributed by atoms with Crippen LogP contribution in [0, 0.1) is 0 Å². The molecule has 0 heterocycles. The number of hydrogen-bond donors (Lipinski definition) is 1. The van der Waals surface area contributed by atoms with Crippen molar-refractivity contribution in [3.8, 4) is 0 Å². The van der Waals surface area contributed by atoms with E-state index < -0.39 is 0 Å². The van der Waals surface area contributed by atoms with Gasteiger partial charge in [0.2, 0.25) is 0 Å². The van der Waals surface area contributed by atoms with Crippen LogP contribution >= 0.6 is 0 Å². The lowest BCUT2D eigenvalue weighted by Crippen LogP contribution is -2.52. The minimum Gasteiger partial charge on any atom is -0.315 e. The van der Waals surface area contributed by atoms with Crippen molar-refractivity contribution in [3.05, 3.63) is 0 Å². The van der Waals surface area contributed by atoms with Crippen LogP contribution in [0.15, 0.2) is 0 Å². The van der Waals surface area contributed by atoms with E-state index in [1.807, 2.05) is 0 Å². The zero-order valence-corrected chi connectivity index (χ0v) is 10.9. The summed E-state index contributed by atoms with van der Waals surface area (Å²) < 4.78 is 0. The molecule has 90 valence electrons. The van der Waals surface area contributed by atoms with Gasteiger partial charge in [0.15, 0.2) is 0 Å². The molecule has 0 aromatic carbocycles. The fourth-order valence-electron chi connectivity index (χ4n) is 2.88. The van der Waals surface area contributed by atoms with Gasteiger partial charge in [0.05, 0.1) is 0 Å². The maximum Gasteiger partial charge on any atom is 0.0248 e. The summed E-state index contributed by atoms with van der Waals surface area (Å²) in [6.45, 7) is 4.64. The van der Waals surface area contributed by atoms with Crippen LogP contribution in [0.5, 0.6) is 0 Å². The number of rotatable bonds is 5. The van der Waals surface area contributed by atoms with Crippen molar-refractivity contribution in [2.45, 2.75) is 70.5 Å². The van der Waals surface area contributed by atoms with Crippen molar-refractivity contribution in [3.63, 3.8) is 0 Å². The van der Waals surface area contributed by atoms with E-state index in [1.165, 1.54) is 38.5 Å². The van der Waals surface area contributed by atoms with Crippen LogP contribution in [-0.4, -0.2) is 37.1 Å². The summed E-state index contributed by atoms with van der Waals surface area (Å²) in [5, 5.41) is 3.49. The van der Waals surface area contributed by atoms with E-state index in [-0.39, 0.29) is 0 Å². The van der Waals surface area contributed by atoms with Crippen LogP contribution < -0.4 is 5.32 Å². The molecule has 0 amide bonds. The molecule has 1 aliphatic carbocycles. The molecule has 3 unspecified atom stereocenters. The third kappa shape index (κ3) is 3.46. The van der Waals surface area contributed by atoms with Gasteiger partial charge in [0.25, 0.3) is 0 Å². The summed E-state index contributed by atoms with van der Waals surface area (Å²) in [6, 6.07) is 2.20. The van der Waals surface area contributed by atoms with Crippen molar-refractivity contribution < 1.29 is 0 Å². The van der Waals surface area contributed by atoms with Gasteiger partial charge in [-0.25, -0.2) is 0 Å². The fourth-order valence-corrected chi connectivity index (χ4v) is 2.88. The van der Waals surface area contributed by atoms with Crippen molar-refractivity contribution in [1.29, 1.82) is 0 Å². The molecule has 0 spiro atoms. The molecule has 0 saturated heterocycles. The molecule has 1 saturated carbocycles. The van der Waals surface area contributed by atoms with Crippen molar-refractivity contribution in [2.24, 2.45) is 0 Å². The molecule has 1 aliphatic rings. The molecule has 0 aromatic rings.